The highest BCUT2D eigenvalue weighted by Crippen LogP contribution is 2.18. The number of ether oxygens (including phenoxy) is 1. The molecule has 0 heterocycles. The number of carbonyl (C=O) groups is 2. The van der Waals surface area contributed by atoms with E-state index in [4.69, 9.17) is 4.74 Å². The molecular weight excluding hydrogens is 827 g/mol. The van der Waals surface area contributed by atoms with E-state index >= 15 is 0 Å². The monoisotopic (exact) mass is 944 g/mol. The number of hydrogen-bond donors (Lipinski definition) is 3. The molecule has 0 saturated carbocycles. The summed E-state index contributed by atoms with van der Waals surface area (Å²) in [6, 6.07) is -0.705. The fourth-order valence-corrected chi connectivity index (χ4v) is 9.42. The lowest BCUT2D eigenvalue weighted by atomic mass is 10.0. The Bertz CT molecular complexity index is 1060. The quantitative estimate of drug-likeness (QED) is 0.0321. The van der Waals surface area contributed by atoms with Crippen LogP contribution in [0.2, 0.25) is 0 Å². The van der Waals surface area contributed by atoms with Crippen LogP contribution in [-0.2, 0) is 14.3 Å². The normalized spacial score (nSPS) is 13.2. The molecule has 0 aliphatic heterocycles. The first kappa shape index (κ1) is 65.3. The van der Waals surface area contributed by atoms with Crippen LogP contribution in [0.15, 0.2) is 24.3 Å². The highest BCUT2D eigenvalue weighted by Gasteiger charge is 2.24. The highest BCUT2D eigenvalue weighted by atomic mass is 16.5. The summed E-state index contributed by atoms with van der Waals surface area (Å²) >= 11 is 0. The summed E-state index contributed by atoms with van der Waals surface area (Å²) < 4.78 is 5.96. The van der Waals surface area contributed by atoms with Gasteiger partial charge in [0.25, 0.3) is 0 Å². The van der Waals surface area contributed by atoms with E-state index in [2.05, 4.69) is 50.4 Å². The first-order valence-electron chi connectivity index (χ1n) is 30.1. The summed E-state index contributed by atoms with van der Waals surface area (Å²) in [6.45, 7) is 6.52. The molecule has 0 saturated heterocycles. The number of aliphatic hydroxyl groups excluding tert-OH is 2. The van der Waals surface area contributed by atoms with E-state index in [0.29, 0.717) is 19.3 Å². The van der Waals surface area contributed by atoms with E-state index in [9.17, 15) is 19.8 Å². The minimum absolute atomic E-state index is 0.0686. The third-order valence-corrected chi connectivity index (χ3v) is 14.0. The standard InChI is InChI=1S/C61H117NO5/c1-4-7-10-13-16-19-22-25-28-31-34-37-40-43-46-49-52-57(67-61(66)54-51-48-45-42-39-36-33-30-27-24-21-18-15-12-9-6-3)55-60(65)62-58(56-63)59(64)53-50-47-44-41-38-35-32-29-26-23-20-17-14-11-8-5-2/h30,33-34,37,57-59,63-64H,4-29,31-32,35-36,38-56H2,1-3H3,(H,62,65)/b33-30+,37-34+. The molecule has 0 aliphatic rings. The summed E-state index contributed by atoms with van der Waals surface area (Å²) in [5.41, 5.74) is 0. The molecule has 67 heavy (non-hydrogen) atoms. The van der Waals surface area contributed by atoms with Gasteiger partial charge in [-0.15, -0.1) is 0 Å². The van der Waals surface area contributed by atoms with Gasteiger partial charge in [0.15, 0.2) is 0 Å². The molecule has 3 atom stereocenters. The van der Waals surface area contributed by atoms with Crippen molar-refractivity contribution in [2.75, 3.05) is 6.61 Å². The average molecular weight is 945 g/mol. The number of esters is 1. The van der Waals surface area contributed by atoms with Crippen LogP contribution in [0.3, 0.4) is 0 Å². The first-order valence-corrected chi connectivity index (χ1v) is 30.1. The Morgan fingerprint density at radius 2 is 0.716 bits per heavy atom. The molecule has 0 fully saturated rings. The molecule has 1 amide bonds. The molecule has 3 unspecified atom stereocenters. The lowest BCUT2D eigenvalue weighted by molar-refractivity contribution is -0.151. The van der Waals surface area contributed by atoms with Crippen molar-refractivity contribution in [3.63, 3.8) is 0 Å². The van der Waals surface area contributed by atoms with Crippen molar-refractivity contribution in [1.29, 1.82) is 0 Å². The van der Waals surface area contributed by atoms with Crippen molar-refractivity contribution in [1.82, 2.24) is 5.32 Å². The maximum absolute atomic E-state index is 13.3. The van der Waals surface area contributed by atoms with Crippen molar-refractivity contribution >= 4 is 11.9 Å². The van der Waals surface area contributed by atoms with Gasteiger partial charge in [-0.3, -0.25) is 9.59 Å². The van der Waals surface area contributed by atoms with Crippen LogP contribution in [0.5, 0.6) is 0 Å². The Balaban J connectivity index is 4.55. The molecular formula is C61H117NO5. The molecule has 396 valence electrons. The molecule has 0 aromatic carbocycles. The van der Waals surface area contributed by atoms with Gasteiger partial charge in [-0.05, 0) is 77.0 Å². The van der Waals surface area contributed by atoms with Gasteiger partial charge in [0.1, 0.15) is 6.10 Å². The molecule has 0 aromatic rings. The fraction of sp³-hybridized carbons (Fsp3) is 0.902. The fourth-order valence-electron chi connectivity index (χ4n) is 9.42. The van der Waals surface area contributed by atoms with Crippen LogP contribution < -0.4 is 5.32 Å². The summed E-state index contributed by atoms with van der Waals surface area (Å²) in [7, 11) is 0. The van der Waals surface area contributed by atoms with Crippen molar-refractivity contribution < 1.29 is 24.5 Å². The smallest absolute Gasteiger partial charge is 0.306 e. The Morgan fingerprint density at radius 3 is 1.07 bits per heavy atom. The number of rotatable bonds is 55. The maximum atomic E-state index is 13.3. The lowest BCUT2D eigenvalue weighted by Gasteiger charge is -2.24. The zero-order valence-electron chi connectivity index (χ0n) is 45.3. The van der Waals surface area contributed by atoms with Gasteiger partial charge < -0.3 is 20.3 Å². The van der Waals surface area contributed by atoms with Gasteiger partial charge in [-0.2, -0.15) is 0 Å². The van der Waals surface area contributed by atoms with Crippen molar-refractivity contribution in [3.8, 4) is 0 Å². The molecule has 0 radical (unpaired) electrons. The van der Waals surface area contributed by atoms with Gasteiger partial charge in [-0.1, -0.05) is 263 Å². The predicted molar refractivity (Wildman–Crippen MR) is 292 cm³/mol. The highest BCUT2D eigenvalue weighted by molar-refractivity contribution is 5.77. The lowest BCUT2D eigenvalue weighted by Crippen LogP contribution is -2.46. The third kappa shape index (κ3) is 50.5. The van der Waals surface area contributed by atoms with E-state index in [1.54, 1.807) is 0 Å². The minimum atomic E-state index is -0.791. The third-order valence-electron chi connectivity index (χ3n) is 14.0. The minimum Gasteiger partial charge on any atom is -0.462 e. The molecule has 3 N–H and O–H groups in total. The average Bonchev–Trinajstić information content (AvgIpc) is 3.32. The van der Waals surface area contributed by atoms with Crippen LogP contribution in [0.1, 0.15) is 329 Å². The Labute approximate surface area is 418 Å². The van der Waals surface area contributed by atoms with Gasteiger partial charge in [0.2, 0.25) is 5.91 Å². The van der Waals surface area contributed by atoms with Gasteiger partial charge in [0, 0.05) is 6.42 Å². The summed E-state index contributed by atoms with van der Waals surface area (Å²) in [5.74, 6) is -0.480. The SMILES string of the molecule is CCCCCCCCC/C=C/CCCCCCCC(=O)OC(CCCCC/C=C/CCCCCCCCCCC)CC(=O)NC(CO)C(O)CCCCCCCCCCCCCCCCCC. The molecule has 6 nitrogen and oxygen atoms in total. The van der Waals surface area contributed by atoms with Crippen LogP contribution >= 0.6 is 0 Å². The van der Waals surface area contributed by atoms with Crippen LogP contribution in [0.25, 0.3) is 0 Å². The van der Waals surface area contributed by atoms with E-state index in [-0.39, 0.29) is 24.9 Å². The Morgan fingerprint density at radius 1 is 0.418 bits per heavy atom. The number of aliphatic hydroxyl groups is 2. The van der Waals surface area contributed by atoms with E-state index in [1.165, 1.54) is 218 Å². The summed E-state index contributed by atoms with van der Waals surface area (Å²) in [6.07, 6.45) is 65.3. The van der Waals surface area contributed by atoms with Gasteiger partial charge in [-0.25, -0.2) is 0 Å². The molecule has 0 bridgehead atoms. The van der Waals surface area contributed by atoms with Crippen LogP contribution in [0, 0.1) is 0 Å². The molecule has 0 aromatic heterocycles. The van der Waals surface area contributed by atoms with E-state index in [0.717, 1.165) is 64.2 Å². The zero-order valence-corrected chi connectivity index (χ0v) is 45.3. The number of unbranched alkanes of at least 4 members (excludes halogenated alkanes) is 39. The van der Waals surface area contributed by atoms with Crippen molar-refractivity contribution in [2.45, 2.75) is 347 Å². The number of allylic oxidation sites excluding steroid dienone is 4. The first-order chi connectivity index (χ1) is 33.0. The van der Waals surface area contributed by atoms with Gasteiger partial charge >= 0.3 is 5.97 Å². The Kier molecular flexibility index (Phi) is 53.9. The number of amides is 1. The largest absolute Gasteiger partial charge is 0.462 e. The second kappa shape index (κ2) is 55.3. The van der Waals surface area contributed by atoms with E-state index < -0.39 is 18.2 Å². The van der Waals surface area contributed by atoms with Gasteiger partial charge in [0.05, 0.1) is 25.2 Å². The topological polar surface area (TPSA) is 95.9 Å². The number of carbonyl (C=O) groups excluding carboxylic acids is 2. The van der Waals surface area contributed by atoms with Crippen molar-refractivity contribution in [3.05, 3.63) is 24.3 Å². The molecule has 0 aliphatic carbocycles. The summed E-state index contributed by atoms with van der Waals surface area (Å²) in [4.78, 5) is 26.3. The number of hydrogen-bond acceptors (Lipinski definition) is 5. The molecule has 0 spiro atoms. The predicted octanol–water partition coefficient (Wildman–Crippen LogP) is 18.6. The molecule has 6 heteroatoms. The number of nitrogens with one attached hydrogen (secondary N) is 1. The maximum Gasteiger partial charge on any atom is 0.306 e. The van der Waals surface area contributed by atoms with Crippen LogP contribution in [0.4, 0.5) is 0 Å². The summed E-state index contributed by atoms with van der Waals surface area (Å²) in [5, 5.41) is 23.9. The van der Waals surface area contributed by atoms with Crippen molar-refractivity contribution in [2.24, 2.45) is 0 Å². The second-order valence-electron chi connectivity index (χ2n) is 20.7. The second-order valence-corrected chi connectivity index (χ2v) is 20.7. The van der Waals surface area contributed by atoms with Crippen LogP contribution in [-0.4, -0.2) is 46.9 Å². The Hall–Kier alpha value is -1.66. The zero-order chi connectivity index (χ0) is 48.8. The van der Waals surface area contributed by atoms with E-state index in [1.807, 2.05) is 0 Å². The molecule has 0 rings (SSSR count).